The highest BCUT2D eigenvalue weighted by Crippen LogP contribution is 2.37. The molecule has 4 rings (SSSR count). The third-order valence-corrected chi connectivity index (χ3v) is 8.80. The summed E-state index contributed by atoms with van der Waals surface area (Å²) in [5, 5.41) is 3.55. The molecule has 0 aliphatic carbocycles. The summed E-state index contributed by atoms with van der Waals surface area (Å²) in [5.74, 6) is -1.49. The van der Waals surface area contributed by atoms with E-state index in [2.05, 4.69) is 10.6 Å². The molecule has 0 spiro atoms. The highest BCUT2D eigenvalue weighted by molar-refractivity contribution is 7.87. The molecule has 0 unspecified atom stereocenters. The van der Waals surface area contributed by atoms with Gasteiger partial charge in [-0.15, -0.1) is 0 Å². The third-order valence-electron chi connectivity index (χ3n) is 6.18. The van der Waals surface area contributed by atoms with E-state index in [9.17, 15) is 48.5 Å². The molecule has 0 heterocycles. The van der Waals surface area contributed by atoms with E-state index in [1.807, 2.05) is 0 Å². The van der Waals surface area contributed by atoms with Crippen LogP contribution in [0, 0.1) is 0 Å². The van der Waals surface area contributed by atoms with Crippen molar-refractivity contribution in [1.82, 2.24) is 0 Å². The fourth-order valence-corrected chi connectivity index (χ4v) is 6.30. The van der Waals surface area contributed by atoms with Crippen LogP contribution in [0.25, 0.3) is 10.8 Å². The summed E-state index contributed by atoms with van der Waals surface area (Å²) in [6, 6.07) is 12.7. The lowest BCUT2D eigenvalue weighted by molar-refractivity contribution is 0.101. The SMILES string of the molecule is COCc1ccc(C(=O)Nc2ccc(S(=O)(=O)O)c3cc(S(=O)(=O)O)cc(S(=O)(=O)O)c23)cc1NC(=O)c1cccc(N)c1. The van der Waals surface area contributed by atoms with Crippen LogP contribution >= 0.6 is 0 Å². The number of amides is 2. The molecular weight excluding hydrogens is 642 g/mol. The Balaban J connectivity index is 1.85. The number of rotatable bonds is 9. The number of benzene rings is 4. The lowest BCUT2D eigenvalue weighted by atomic mass is 10.1. The average molecular weight is 666 g/mol. The van der Waals surface area contributed by atoms with E-state index in [1.165, 1.54) is 37.4 Å². The monoisotopic (exact) mass is 665 g/mol. The maximum absolute atomic E-state index is 13.4. The number of fused-ring (bicyclic) bond motifs is 1. The quantitative estimate of drug-likeness (QED) is 0.111. The van der Waals surface area contributed by atoms with E-state index in [4.69, 9.17) is 10.5 Å². The number of hydrogen-bond acceptors (Lipinski definition) is 10. The van der Waals surface area contributed by atoms with Crippen LogP contribution in [0.1, 0.15) is 26.3 Å². The second-order valence-electron chi connectivity index (χ2n) is 9.22. The van der Waals surface area contributed by atoms with E-state index in [0.29, 0.717) is 23.4 Å². The first-order chi connectivity index (χ1) is 20.4. The minimum Gasteiger partial charge on any atom is -0.399 e. The molecule has 0 radical (unpaired) electrons. The minimum absolute atomic E-state index is 0.0317. The van der Waals surface area contributed by atoms with Crippen LogP contribution in [0.15, 0.2) is 81.4 Å². The van der Waals surface area contributed by atoms with Crippen molar-refractivity contribution in [3.05, 3.63) is 83.4 Å². The van der Waals surface area contributed by atoms with Crippen LogP contribution in [-0.2, 0) is 41.7 Å². The maximum atomic E-state index is 13.4. The lowest BCUT2D eigenvalue weighted by Crippen LogP contribution is -2.17. The molecule has 4 aromatic carbocycles. The van der Waals surface area contributed by atoms with Crippen molar-refractivity contribution < 1.29 is 53.2 Å². The van der Waals surface area contributed by atoms with E-state index < -0.39 is 73.3 Å². The molecular formula is C26H23N3O12S3. The summed E-state index contributed by atoms with van der Waals surface area (Å²) in [6.45, 7) is 0.0317. The number of nitrogen functional groups attached to an aromatic ring is 1. The molecule has 15 nitrogen and oxygen atoms in total. The molecule has 18 heteroatoms. The van der Waals surface area contributed by atoms with Gasteiger partial charge in [-0.05, 0) is 54.6 Å². The van der Waals surface area contributed by atoms with Crippen molar-refractivity contribution in [1.29, 1.82) is 0 Å². The molecule has 4 aromatic rings. The van der Waals surface area contributed by atoms with Gasteiger partial charge in [-0.3, -0.25) is 23.2 Å². The molecule has 2 amide bonds. The Hall–Kier alpha value is -4.43. The number of ether oxygens (including phenoxy) is 1. The zero-order valence-electron chi connectivity index (χ0n) is 22.4. The van der Waals surface area contributed by atoms with Gasteiger partial charge in [-0.2, -0.15) is 25.3 Å². The average Bonchev–Trinajstić information content (AvgIpc) is 2.91. The molecule has 0 saturated carbocycles. The Kier molecular flexibility index (Phi) is 8.80. The summed E-state index contributed by atoms with van der Waals surface area (Å²) in [5.41, 5.74) is 6.41. The maximum Gasteiger partial charge on any atom is 0.295 e. The standard InChI is InChI=1S/C26H23N3O12S3/c1-41-13-16-6-5-15(10-21(16)29-25(30)14-3-2-4-17(27)9-14)26(31)28-20-7-8-22(43(35,36)37)19-11-18(42(32,33)34)12-23(24(19)20)44(38,39)40/h2-12H,13,27H2,1H3,(H,28,31)(H,29,30)(H,32,33,34)(H,35,36,37)(H,38,39,40). The van der Waals surface area contributed by atoms with Crippen molar-refractivity contribution in [3.63, 3.8) is 0 Å². The molecule has 232 valence electrons. The van der Waals surface area contributed by atoms with Gasteiger partial charge in [0.25, 0.3) is 42.2 Å². The van der Waals surface area contributed by atoms with Gasteiger partial charge in [-0.25, -0.2) is 0 Å². The van der Waals surface area contributed by atoms with Crippen molar-refractivity contribution in [2.75, 3.05) is 23.5 Å². The summed E-state index contributed by atoms with van der Waals surface area (Å²) in [4.78, 5) is 22.9. The van der Waals surface area contributed by atoms with E-state index in [-0.39, 0.29) is 23.4 Å². The topological polar surface area (TPSA) is 257 Å². The normalized spacial score (nSPS) is 12.2. The van der Waals surface area contributed by atoms with E-state index in [1.54, 1.807) is 12.1 Å². The summed E-state index contributed by atoms with van der Waals surface area (Å²) in [7, 11) is -14.2. The first kappa shape index (κ1) is 32.5. The number of anilines is 3. The molecule has 0 bridgehead atoms. The zero-order chi connectivity index (χ0) is 32.6. The first-order valence-corrected chi connectivity index (χ1v) is 16.4. The first-order valence-electron chi connectivity index (χ1n) is 12.0. The van der Waals surface area contributed by atoms with Crippen molar-refractivity contribution in [2.45, 2.75) is 21.3 Å². The van der Waals surface area contributed by atoms with Gasteiger partial charge in [0.15, 0.2) is 0 Å². The second-order valence-corrected chi connectivity index (χ2v) is 13.4. The van der Waals surface area contributed by atoms with Gasteiger partial charge in [0, 0.05) is 45.9 Å². The Morgan fingerprint density at radius 2 is 1.34 bits per heavy atom. The Morgan fingerprint density at radius 3 is 1.91 bits per heavy atom. The fourth-order valence-electron chi connectivity index (χ4n) is 4.26. The second kappa shape index (κ2) is 11.9. The molecule has 44 heavy (non-hydrogen) atoms. The van der Waals surface area contributed by atoms with Gasteiger partial charge in [-0.1, -0.05) is 12.1 Å². The van der Waals surface area contributed by atoms with E-state index >= 15 is 0 Å². The third kappa shape index (κ3) is 7.03. The number of nitrogens with two attached hydrogens (primary N) is 1. The van der Waals surface area contributed by atoms with Gasteiger partial charge < -0.3 is 21.1 Å². The molecule has 0 fully saturated rings. The highest BCUT2D eigenvalue weighted by Gasteiger charge is 2.27. The lowest BCUT2D eigenvalue weighted by Gasteiger charge is -2.16. The van der Waals surface area contributed by atoms with Crippen LogP contribution in [0.2, 0.25) is 0 Å². The van der Waals surface area contributed by atoms with Crippen molar-refractivity contribution >= 4 is 70.0 Å². The highest BCUT2D eigenvalue weighted by atomic mass is 32.2. The van der Waals surface area contributed by atoms with Crippen LogP contribution < -0.4 is 16.4 Å². The molecule has 0 saturated heterocycles. The molecule has 7 N–H and O–H groups in total. The Morgan fingerprint density at radius 1 is 0.727 bits per heavy atom. The van der Waals surface area contributed by atoms with Gasteiger partial charge in [0.2, 0.25) is 0 Å². The summed E-state index contributed by atoms with van der Waals surface area (Å²) < 4.78 is 106. The van der Waals surface area contributed by atoms with Crippen LogP contribution in [0.4, 0.5) is 17.1 Å². The number of hydrogen-bond donors (Lipinski definition) is 6. The van der Waals surface area contributed by atoms with Gasteiger partial charge >= 0.3 is 0 Å². The molecule has 0 aliphatic heterocycles. The largest absolute Gasteiger partial charge is 0.399 e. The van der Waals surface area contributed by atoms with Crippen LogP contribution in [0.5, 0.6) is 0 Å². The molecule has 0 aliphatic rings. The Bertz CT molecular complexity index is 2170. The summed E-state index contributed by atoms with van der Waals surface area (Å²) >= 11 is 0. The Labute approximate surface area is 250 Å². The predicted octanol–water partition coefficient (Wildman–Crippen LogP) is 2.81. The van der Waals surface area contributed by atoms with Crippen molar-refractivity contribution in [2.24, 2.45) is 0 Å². The number of carbonyl (C=O) groups is 2. The van der Waals surface area contributed by atoms with Crippen LogP contribution in [0.3, 0.4) is 0 Å². The van der Waals surface area contributed by atoms with E-state index in [0.717, 1.165) is 12.1 Å². The number of methoxy groups -OCH3 is 1. The fraction of sp³-hybridized carbons (Fsp3) is 0.0769. The minimum atomic E-state index is -5.33. The zero-order valence-corrected chi connectivity index (χ0v) is 24.8. The predicted molar refractivity (Wildman–Crippen MR) is 157 cm³/mol. The van der Waals surface area contributed by atoms with Crippen LogP contribution in [-0.4, -0.2) is 57.8 Å². The van der Waals surface area contributed by atoms with Crippen molar-refractivity contribution in [3.8, 4) is 0 Å². The smallest absolute Gasteiger partial charge is 0.295 e. The molecule has 0 atom stereocenters. The number of nitrogens with one attached hydrogen (secondary N) is 2. The van der Waals surface area contributed by atoms with Gasteiger partial charge in [0.1, 0.15) is 9.79 Å². The molecule has 0 aromatic heterocycles. The summed E-state index contributed by atoms with van der Waals surface area (Å²) in [6.07, 6.45) is 0. The number of carbonyl (C=O) groups excluding carboxylic acids is 2. The van der Waals surface area contributed by atoms with Gasteiger partial charge in [0.05, 0.1) is 17.2 Å².